The Morgan fingerprint density at radius 1 is 1.10 bits per heavy atom. The molecule has 0 radical (unpaired) electrons. The first kappa shape index (κ1) is 13.1. The van der Waals surface area contributed by atoms with E-state index < -0.39 is 10.1 Å². The molecule has 2 saturated heterocycles. The predicted octanol–water partition coefficient (Wildman–Crippen LogP) is 1.50. The van der Waals surface area contributed by atoms with Gasteiger partial charge in [-0.05, 0) is 17.5 Å². The maximum atomic E-state index is 11.6. The first-order chi connectivity index (χ1) is 9.99. The third-order valence-electron chi connectivity index (χ3n) is 4.52. The lowest BCUT2D eigenvalue weighted by Gasteiger charge is -2.57. The molecule has 2 aromatic rings. The van der Waals surface area contributed by atoms with E-state index in [2.05, 4.69) is 10.2 Å². The van der Waals surface area contributed by atoms with Gasteiger partial charge in [0.1, 0.15) is 4.90 Å². The van der Waals surface area contributed by atoms with Gasteiger partial charge in [0.15, 0.2) is 0 Å². The van der Waals surface area contributed by atoms with Gasteiger partial charge >= 0.3 is 0 Å². The average Bonchev–Trinajstić information content (AvgIpc) is 2.33. The van der Waals surface area contributed by atoms with Crippen molar-refractivity contribution in [1.82, 2.24) is 5.32 Å². The third kappa shape index (κ3) is 1.94. The van der Waals surface area contributed by atoms with Gasteiger partial charge in [-0.25, -0.2) is 0 Å². The first-order valence-electron chi connectivity index (χ1n) is 6.94. The van der Waals surface area contributed by atoms with Crippen molar-refractivity contribution in [3.8, 4) is 0 Å². The number of hydrogen-bond acceptors (Lipinski definition) is 4. The van der Waals surface area contributed by atoms with Crippen molar-refractivity contribution in [2.24, 2.45) is 5.41 Å². The van der Waals surface area contributed by atoms with E-state index in [0.29, 0.717) is 10.8 Å². The molecule has 0 atom stereocenters. The highest BCUT2D eigenvalue weighted by molar-refractivity contribution is 7.86. The molecule has 2 fully saturated rings. The van der Waals surface area contributed by atoms with Crippen LogP contribution in [0.25, 0.3) is 10.8 Å². The van der Waals surface area contributed by atoms with E-state index in [9.17, 15) is 13.0 Å². The molecule has 2 aromatic carbocycles. The maximum Gasteiger partial charge on any atom is 0.295 e. The Bertz CT molecular complexity index is 815. The quantitative estimate of drug-likeness (QED) is 0.823. The van der Waals surface area contributed by atoms with Gasteiger partial charge in [-0.1, -0.05) is 24.3 Å². The number of nitrogens with one attached hydrogen (secondary N) is 1. The van der Waals surface area contributed by atoms with Crippen LogP contribution in [-0.2, 0) is 10.1 Å². The maximum absolute atomic E-state index is 11.6. The van der Waals surface area contributed by atoms with E-state index in [1.807, 2.05) is 24.3 Å². The number of rotatable bonds is 2. The topological polar surface area (TPSA) is 69.6 Å². The lowest BCUT2D eigenvalue weighted by Crippen LogP contribution is -2.71. The summed E-state index contributed by atoms with van der Waals surface area (Å²) in [5.41, 5.74) is 1.24. The Morgan fingerprint density at radius 2 is 1.76 bits per heavy atom. The molecule has 2 aliphatic rings. The standard InChI is InChI=1S/C15H16N2O3S/c18-21(19,20)13-6-2-4-11-3-1-5-12(14(11)13)17-9-15(10-17)7-16-8-15/h1-6,16H,7-10H2,(H,18,19,20). The van der Waals surface area contributed by atoms with Gasteiger partial charge in [0, 0.05) is 42.7 Å². The van der Waals surface area contributed by atoms with Crippen LogP contribution in [-0.4, -0.2) is 39.1 Å². The third-order valence-corrected chi connectivity index (χ3v) is 5.41. The highest BCUT2D eigenvalue weighted by Gasteiger charge is 2.47. The normalized spacial score (nSPS) is 20.3. The second kappa shape index (κ2) is 4.19. The van der Waals surface area contributed by atoms with E-state index in [1.165, 1.54) is 6.07 Å². The lowest BCUT2D eigenvalue weighted by molar-refractivity contribution is 0.121. The molecule has 6 heteroatoms. The van der Waals surface area contributed by atoms with Crippen molar-refractivity contribution in [3.63, 3.8) is 0 Å². The summed E-state index contributed by atoms with van der Waals surface area (Å²) in [7, 11) is -4.23. The summed E-state index contributed by atoms with van der Waals surface area (Å²) in [6.07, 6.45) is 0. The van der Waals surface area contributed by atoms with Gasteiger partial charge < -0.3 is 10.2 Å². The van der Waals surface area contributed by atoms with Crippen LogP contribution in [0.5, 0.6) is 0 Å². The van der Waals surface area contributed by atoms with E-state index in [4.69, 9.17) is 0 Å². The van der Waals surface area contributed by atoms with Crippen LogP contribution >= 0.6 is 0 Å². The van der Waals surface area contributed by atoms with Crippen LogP contribution < -0.4 is 10.2 Å². The SMILES string of the molecule is O=S(=O)(O)c1cccc2cccc(N3CC4(CNC4)C3)c12. The Balaban J connectivity index is 1.86. The molecule has 2 aliphatic heterocycles. The molecular formula is C15H16N2O3S. The Labute approximate surface area is 123 Å². The van der Waals surface area contributed by atoms with Gasteiger partial charge in [-0.2, -0.15) is 8.42 Å². The minimum Gasteiger partial charge on any atom is -0.370 e. The highest BCUT2D eigenvalue weighted by atomic mass is 32.2. The van der Waals surface area contributed by atoms with Crippen LogP contribution in [0.2, 0.25) is 0 Å². The van der Waals surface area contributed by atoms with Crippen molar-refractivity contribution in [2.45, 2.75) is 4.90 Å². The molecule has 0 aromatic heterocycles. The summed E-state index contributed by atoms with van der Waals surface area (Å²) in [4.78, 5) is 2.18. The van der Waals surface area contributed by atoms with Crippen molar-refractivity contribution < 1.29 is 13.0 Å². The fourth-order valence-corrected chi connectivity index (χ4v) is 4.13. The van der Waals surface area contributed by atoms with Crippen molar-refractivity contribution in [1.29, 1.82) is 0 Å². The number of nitrogens with zero attached hydrogens (tertiary/aromatic N) is 1. The second-order valence-corrected chi connectivity index (χ2v) is 7.46. The summed E-state index contributed by atoms with van der Waals surface area (Å²) >= 11 is 0. The van der Waals surface area contributed by atoms with E-state index in [-0.39, 0.29) is 4.90 Å². The van der Waals surface area contributed by atoms with Gasteiger partial charge in [0.2, 0.25) is 0 Å². The summed E-state index contributed by atoms with van der Waals surface area (Å²) in [6, 6.07) is 10.7. The molecule has 0 amide bonds. The minimum absolute atomic E-state index is 0.0108. The van der Waals surface area contributed by atoms with Crippen molar-refractivity contribution in [3.05, 3.63) is 36.4 Å². The molecule has 5 nitrogen and oxygen atoms in total. The van der Waals surface area contributed by atoms with Gasteiger partial charge in [-0.3, -0.25) is 4.55 Å². The average molecular weight is 304 g/mol. The fraction of sp³-hybridized carbons (Fsp3) is 0.333. The van der Waals surface area contributed by atoms with Crippen molar-refractivity contribution in [2.75, 3.05) is 31.1 Å². The predicted molar refractivity (Wildman–Crippen MR) is 81.3 cm³/mol. The van der Waals surface area contributed by atoms with Crippen molar-refractivity contribution >= 4 is 26.6 Å². The molecule has 0 aliphatic carbocycles. The van der Waals surface area contributed by atoms with E-state index >= 15 is 0 Å². The zero-order valence-electron chi connectivity index (χ0n) is 11.4. The summed E-state index contributed by atoms with van der Waals surface area (Å²) in [5.74, 6) is 0. The fourth-order valence-electron chi connectivity index (χ4n) is 3.40. The van der Waals surface area contributed by atoms with E-state index in [0.717, 1.165) is 37.3 Å². The Kier molecular flexibility index (Phi) is 2.61. The monoisotopic (exact) mass is 304 g/mol. The van der Waals surface area contributed by atoms with Crippen LogP contribution in [0.4, 0.5) is 5.69 Å². The molecule has 2 heterocycles. The molecule has 1 spiro atoms. The Morgan fingerprint density at radius 3 is 2.33 bits per heavy atom. The summed E-state index contributed by atoms with van der Waals surface area (Å²) in [6.45, 7) is 3.91. The molecule has 21 heavy (non-hydrogen) atoms. The molecule has 110 valence electrons. The minimum atomic E-state index is -4.23. The lowest BCUT2D eigenvalue weighted by atomic mass is 9.74. The number of anilines is 1. The van der Waals surface area contributed by atoms with Gasteiger partial charge in [-0.15, -0.1) is 0 Å². The molecule has 2 N–H and O–H groups in total. The van der Waals surface area contributed by atoms with Gasteiger partial charge in [0.25, 0.3) is 10.1 Å². The first-order valence-corrected chi connectivity index (χ1v) is 8.38. The number of fused-ring (bicyclic) bond motifs is 1. The molecule has 4 rings (SSSR count). The number of benzene rings is 2. The van der Waals surface area contributed by atoms with E-state index in [1.54, 1.807) is 6.07 Å². The van der Waals surface area contributed by atoms with Gasteiger partial charge in [0.05, 0.1) is 0 Å². The number of hydrogen-bond donors (Lipinski definition) is 2. The molecule has 0 saturated carbocycles. The smallest absolute Gasteiger partial charge is 0.295 e. The largest absolute Gasteiger partial charge is 0.370 e. The van der Waals surface area contributed by atoms with Crippen LogP contribution in [0, 0.1) is 5.41 Å². The van der Waals surface area contributed by atoms with Crippen LogP contribution in [0.1, 0.15) is 0 Å². The summed E-state index contributed by atoms with van der Waals surface area (Å²) in [5, 5.41) is 4.73. The van der Waals surface area contributed by atoms with Crippen LogP contribution in [0.15, 0.2) is 41.3 Å². The molecule has 0 unspecified atom stereocenters. The highest BCUT2D eigenvalue weighted by Crippen LogP contribution is 2.41. The second-order valence-electron chi connectivity index (χ2n) is 6.07. The zero-order valence-corrected chi connectivity index (χ0v) is 12.2. The van der Waals surface area contributed by atoms with Crippen LogP contribution in [0.3, 0.4) is 0 Å². The molecule has 0 bridgehead atoms. The Hall–Kier alpha value is -1.63. The molecular weight excluding hydrogens is 288 g/mol. The summed E-state index contributed by atoms with van der Waals surface area (Å²) < 4.78 is 32.8. The zero-order chi connectivity index (χ0) is 14.7.